The van der Waals surface area contributed by atoms with E-state index in [9.17, 15) is 4.79 Å². The predicted octanol–water partition coefficient (Wildman–Crippen LogP) is 1.51. The van der Waals surface area contributed by atoms with E-state index >= 15 is 0 Å². The average Bonchev–Trinajstić information content (AvgIpc) is 2.46. The number of ketones is 1. The predicted molar refractivity (Wildman–Crippen MR) is 50.2 cm³/mol. The number of rotatable bonds is 3. The highest BCUT2D eigenvalue weighted by Gasteiger charge is 2.19. The quantitative estimate of drug-likeness (QED) is 0.665. The first-order valence-corrected chi connectivity index (χ1v) is 4.24. The lowest BCUT2D eigenvalue weighted by Crippen LogP contribution is -2.13. The number of carbonyl (C=O) groups excluding carboxylic acids is 1. The molecule has 0 saturated carbocycles. The molecule has 0 bridgehead atoms. The van der Waals surface area contributed by atoms with Gasteiger partial charge in [-0.05, 0) is 0 Å². The van der Waals surface area contributed by atoms with Gasteiger partial charge in [0.15, 0.2) is 17.2 Å². The summed E-state index contributed by atoms with van der Waals surface area (Å²) in [5, 5.41) is 3.74. The normalized spacial score (nSPS) is 10.2. The Morgan fingerprint density at radius 2 is 2.15 bits per heavy atom. The molecular weight excluding hydrogens is 168 g/mol. The van der Waals surface area contributed by atoms with Crippen LogP contribution in [0.15, 0.2) is 4.52 Å². The number of aryl methyl sites for hydroxylation is 1. The van der Waals surface area contributed by atoms with E-state index in [1.54, 1.807) is 0 Å². The lowest BCUT2D eigenvalue weighted by Gasteiger charge is -2.11. The zero-order valence-corrected chi connectivity index (χ0v) is 8.42. The summed E-state index contributed by atoms with van der Waals surface area (Å²) in [7, 11) is 3.75. The molecule has 1 heterocycles. The third kappa shape index (κ3) is 1.71. The SMILES string of the molecule is CCc1onc(C(C)=O)c1N(C)C. The molecule has 4 nitrogen and oxygen atoms in total. The number of aromatic nitrogens is 1. The van der Waals surface area contributed by atoms with Crippen LogP contribution >= 0.6 is 0 Å². The van der Waals surface area contributed by atoms with Crippen molar-refractivity contribution in [3.05, 3.63) is 11.5 Å². The zero-order valence-electron chi connectivity index (χ0n) is 8.42. The van der Waals surface area contributed by atoms with Gasteiger partial charge in [-0.2, -0.15) is 0 Å². The van der Waals surface area contributed by atoms with Gasteiger partial charge in [-0.15, -0.1) is 0 Å². The van der Waals surface area contributed by atoms with Crippen LogP contribution in [0.4, 0.5) is 5.69 Å². The molecule has 0 aliphatic carbocycles. The van der Waals surface area contributed by atoms with Gasteiger partial charge in [0, 0.05) is 27.4 Å². The van der Waals surface area contributed by atoms with Crippen molar-refractivity contribution in [3.8, 4) is 0 Å². The lowest BCUT2D eigenvalue weighted by molar-refractivity contribution is 0.100. The molecule has 72 valence electrons. The van der Waals surface area contributed by atoms with Crippen LogP contribution in [0, 0.1) is 0 Å². The molecule has 0 aromatic carbocycles. The number of hydrogen-bond donors (Lipinski definition) is 0. The van der Waals surface area contributed by atoms with Crippen molar-refractivity contribution >= 4 is 11.5 Å². The van der Waals surface area contributed by atoms with E-state index in [0.717, 1.165) is 17.9 Å². The monoisotopic (exact) mass is 182 g/mol. The van der Waals surface area contributed by atoms with Gasteiger partial charge in [0.25, 0.3) is 0 Å². The van der Waals surface area contributed by atoms with E-state index < -0.39 is 0 Å². The molecule has 0 radical (unpaired) electrons. The first-order valence-electron chi connectivity index (χ1n) is 4.24. The standard InChI is InChI=1S/C9H14N2O2/c1-5-7-9(11(3)4)8(6(2)12)10-13-7/h5H2,1-4H3. The van der Waals surface area contributed by atoms with Gasteiger partial charge in [-0.25, -0.2) is 0 Å². The highest BCUT2D eigenvalue weighted by atomic mass is 16.5. The molecule has 0 atom stereocenters. The van der Waals surface area contributed by atoms with Crippen molar-refractivity contribution in [2.75, 3.05) is 19.0 Å². The third-order valence-electron chi connectivity index (χ3n) is 1.84. The van der Waals surface area contributed by atoms with Crippen molar-refractivity contribution in [2.24, 2.45) is 0 Å². The number of carbonyl (C=O) groups is 1. The first kappa shape index (κ1) is 9.77. The largest absolute Gasteiger partial charge is 0.373 e. The van der Waals surface area contributed by atoms with Crippen molar-refractivity contribution in [1.82, 2.24) is 5.16 Å². The second kappa shape index (κ2) is 3.60. The third-order valence-corrected chi connectivity index (χ3v) is 1.84. The summed E-state index contributed by atoms with van der Waals surface area (Å²) in [6, 6.07) is 0. The summed E-state index contributed by atoms with van der Waals surface area (Å²) in [4.78, 5) is 13.0. The molecule has 1 aromatic heterocycles. The molecular formula is C9H14N2O2. The minimum atomic E-state index is -0.0628. The van der Waals surface area contributed by atoms with Gasteiger partial charge in [0.1, 0.15) is 5.69 Å². The summed E-state index contributed by atoms with van der Waals surface area (Å²) in [6.45, 7) is 3.46. The molecule has 0 N–H and O–H groups in total. The van der Waals surface area contributed by atoms with E-state index in [1.807, 2.05) is 25.9 Å². The Bertz CT molecular complexity index is 315. The Morgan fingerprint density at radius 3 is 2.54 bits per heavy atom. The van der Waals surface area contributed by atoms with Crippen molar-refractivity contribution < 1.29 is 9.32 Å². The number of anilines is 1. The summed E-state index contributed by atoms with van der Waals surface area (Å²) < 4.78 is 5.06. The summed E-state index contributed by atoms with van der Waals surface area (Å²) in [5.74, 6) is 0.697. The van der Waals surface area contributed by atoms with Crippen LogP contribution in [-0.4, -0.2) is 25.0 Å². The maximum atomic E-state index is 11.2. The van der Waals surface area contributed by atoms with Gasteiger partial charge < -0.3 is 9.42 Å². The van der Waals surface area contributed by atoms with Crippen LogP contribution in [0.25, 0.3) is 0 Å². The molecule has 0 unspecified atom stereocenters. The van der Waals surface area contributed by atoms with Crippen molar-refractivity contribution in [3.63, 3.8) is 0 Å². The molecule has 0 amide bonds. The zero-order chi connectivity index (χ0) is 10.0. The summed E-state index contributed by atoms with van der Waals surface area (Å²) in [5.41, 5.74) is 1.22. The van der Waals surface area contributed by atoms with Gasteiger partial charge in [0.05, 0.1) is 0 Å². The van der Waals surface area contributed by atoms with Gasteiger partial charge in [-0.3, -0.25) is 4.79 Å². The van der Waals surface area contributed by atoms with Gasteiger partial charge in [-0.1, -0.05) is 12.1 Å². The molecule has 0 aliphatic heterocycles. The minimum absolute atomic E-state index is 0.0628. The number of nitrogens with zero attached hydrogens (tertiary/aromatic N) is 2. The number of Topliss-reactive ketones (excluding diaryl/α,β-unsaturated/α-hetero) is 1. The average molecular weight is 182 g/mol. The van der Waals surface area contributed by atoms with Gasteiger partial charge >= 0.3 is 0 Å². The summed E-state index contributed by atoms with van der Waals surface area (Å²) in [6.07, 6.45) is 0.744. The maximum absolute atomic E-state index is 11.2. The Labute approximate surface area is 77.5 Å². The lowest BCUT2D eigenvalue weighted by atomic mass is 10.2. The van der Waals surface area contributed by atoms with E-state index in [2.05, 4.69) is 5.16 Å². The molecule has 13 heavy (non-hydrogen) atoms. The maximum Gasteiger partial charge on any atom is 0.183 e. The fraction of sp³-hybridized carbons (Fsp3) is 0.556. The highest BCUT2D eigenvalue weighted by Crippen LogP contribution is 2.24. The second-order valence-electron chi connectivity index (χ2n) is 3.11. The number of hydrogen-bond acceptors (Lipinski definition) is 4. The first-order chi connectivity index (χ1) is 6.07. The molecule has 0 fully saturated rings. The second-order valence-corrected chi connectivity index (χ2v) is 3.11. The fourth-order valence-electron chi connectivity index (χ4n) is 1.24. The van der Waals surface area contributed by atoms with Crippen LogP contribution in [0.5, 0.6) is 0 Å². The summed E-state index contributed by atoms with van der Waals surface area (Å²) >= 11 is 0. The smallest absolute Gasteiger partial charge is 0.183 e. The molecule has 1 rings (SSSR count). The molecule has 0 saturated heterocycles. The Hall–Kier alpha value is -1.32. The minimum Gasteiger partial charge on any atom is -0.373 e. The van der Waals surface area contributed by atoms with E-state index in [0.29, 0.717) is 5.69 Å². The Morgan fingerprint density at radius 1 is 1.54 bits per heavy atom. The fourth-order valence-corrected chi connectivity index (χ4v) is 1.24. The Balaban J connectivity index is 3.22. The Kier molecular flexibility index (Phi) is 2.70. The highest BCUT2D eigenvalue weighted by molar-refractivity contribution is 5.97. The van der Waals surface area contributed by atoms with Crippen molar-refractivity contribution in [2.45, 2.75) is 20.3 Å². The molecule has 0 aliphatic rings. The van der Waals surface area contributed by atoms with Crippen LogP contribution in [0.1, 0.15) is 30.1 Å². The molecule has 1 aromatic rings. The van der Waals surface area contributed by atoms with E-state index in [-0.39, 0.29) is 5.78 Å². The van der Waals surface area contributed by atoms with Gasteiger partial charge in [0.2, 0.25) is 0 Å². The molecule has 0 spiro atoms. The van der Waals surface area contributed by atoms with E-state index in [4.69, 9.17) is 4.52 Å². The van der Waals surface area contributed by atoms with Crippen LogP contribution < -0.4 is 4.90 Å². The molecule has 4 heteroatoms. The van der Waals surface area contributed by atoms with Crippen molar-refractivity contribution in [1.29, 1.82) is 0 Å². The van der Waals surface area contributed by atoms with Crippen LogP contribution in [0.2, 0.25) is 0 Å². The topological polar surface area (TPSA) is 46.3 Å². The van der Waals surface area contributed by atoms with E-state index in [1.165, 1.54) is 6.92 Å². The van der Waals surface area contributed by atoms with Crippen LogP contribution in [0.3, 0.4) is 0 Å². The van der Waals surface area contributed by atoms with Crippen LogP contribution in [-0.2, 0) is 6.42 Å².